The van der Waals surface area contributed by atoms with Gasteiger partial charge in [0.15, 0.2) is 0 Å². The summed E-state index contributed by atoms with van der Waals surface area (Å²) in [5.41, 5.74) is 0.912. The molecule has 0 saturated carbocycles. The molecule has 0 heterocycles. The van der Waals surface area contributed by atoms with Crippen LogP contribution in [0, 0.1) is 0 Å². The first-order valence-electron chi connectivity index (χ1n) is 5.27. The SMILES string of the molecule is O=C(O)CCCCSc1ccc(CO)cc1. The van der Waals surface area contributed by atoms with Gasteiger partial charge in [0, 0.05) is 11.3 Å². The second-order valence-corrected chi connectivity index (χ2v) is 4.67. The molecule has 0 aliphatic heterocycles. The van der Waals surface area contributed by atoms with Crippen LogP contribution in [-0.2, 0) is 11.4 Å². The number of carbonyl (C=O) groups is 1. The normalized spacial score (nSPS) is 10.3. The Morgan fingerprint density at radius 3 is 2.44 bits per heavy atom. The van der Waals surface area contributed by atoms with Gasteiger partial charge in [-0.05, 0) is 36.3 Å². The summed E-state index contributed by atoms with van der Waals surface area (Å²) in [4.78, 5) is 11.4. The van der Waals surface area contributed by atoms with Crippen LogP contribution >= 0.6 is 11.8 Å². The third-order valence-corrected chi connectivity index (χ3v) is 3.26. The zero-order chi connectivity index (χ0) is 11.8. The van der Waals surface area contributed by atoms with E-state index in [0.717, 1.165) is 29.1 Å². The minimum atomic E-state index is -0.725. The standard InChI is InChI=1S/C12H16O3S/c13-9-10-4-6-11(7-5-10)16-8-2-1-3-12(14)15/h4-7,13H,1-3,8-9H2,(H,14,15). The van der Waals surface area contributed by atoms with Crippen molar-refractivity contribution in [1.29, 1.82) is 0 Å². The van der Waals surface area contributed by atoms with E-state index in [1.54, 1.807) is 11.8 Å². The van der Waals surface area contributed by atoms with E-state index in [2.05, 4.69) is 0 Å². The number of benzene rings is 1. The van der Waals surface area contributed by atoms with Crippen molar-refractivity contribution in [3.8, 4) is 0 Å². The summed E-state index contributed by atoms with van der Waals surface area (Å²) >= 11 is 1.72. The summed E-state index contributed by atoms with van der Waals surface area (Å²) in [6.45, 7) is 0.0730. The quantitative estimate of drug-likeness (QED) is 0.568. The van der Waals surface area contributed by atoms with Crippen molar-refractivity contribution in [2.75, 3.05) is 5.75 Å². The van der Waals surface area contributed by atoms with Crippen LogP contribution in [0.15, 0.2) is 29.2 Å². The van der Waals surface area contributed by atoms with Gasteiger partial charge in [0.25, 0.3) is 0 Å². The Kier molecular flexibility index (Phi) is 5.96. The molecular formula is C12H16O3S. The lowest BCUT2D eigenvalue weighted by atomic mass is 10.2. The van der Waals surface area contributed by atoms with Crippen LogP contribution in [0.1, 0.15) is 24.8 Å². The molecule has 4 heteroatoms. The highest BCUT2D eigenvalue weighted by molar-refractivity contribution is 7.99. The Bertz CT molecular complexity index is 322. The van der Waals surface area contributed by atoms with Crippen LogP contribution in [0.3, 0.4) is 0 Å². The molecule has 0 bridgehead atoms. The fourth-order valence-corrected chi connectivity index (χ4v) is 2.17. The minimum absolute atomic E-state index is 0.0730. The number of aliphatic hydroxyl groups excluding tert-OH is 1. The third kappa shape index (κ3) is 5.19. The molecule has 0 aliphatic rings. The molecular weight excluding hydrogens is 224 g/mol. The van der Waals surface area contributed by atoms with Crippen LogP contribution in [0.4, 0.5) is 0 Å². The molecule has 0 atom stereocenters. The fourth-order valence-electron chi connectivity index (χ4n) is 1.26. The highest BCUT2D eigenvalue weighted by Gasteiger charge is 1.98. The first-order valence-corrected chi connectivity index (χ1v) is 6.25. The summed E-state index contributed by atoms with van der Waals surface area (Å²) in [5.74, 6) is 0.212. The van der Waals surface area contributed by atoms with Crippen LogP contribution in [0.25, 0.3) is 0 Å². The second-order valence-electron chi connectivity index (χ2n) is 3.50. The number of carboxylic acid groups (broad SMARTS) is 1. The van der Waals surface area contributed by atoms with Crippen LogP contribution in [0.2, 0.25) is 0 Å². The van der Waals surface area contributed by atoms with E-state index in [9.17, 15) is 4.79 Å². The van der Waals surface area contributed by atoms with Gasteiger partial charge in [-0.3, -0.25) is 4.79 Å². The lowest BCUT2D eigenvalue weighted by Crippen LogP contribution is -1.94. The van der Waals surface area contributed by atoms with Gasteiger partial charge in [0.05, 0.1) is 6.61 Å². The highest BCUT2D eigenvalue weighted by atomic mass is 32.2. The zero-order valence-corrected chi connectivity index (χ0v) is 9.87. The molecule has 0 fully saturated rings. The lowest BCUT2D eigenvalue weighted by Gasteiger charge is -2.02. The molecule has 0 aromatic heterocycles. The number of aliphatic carboxylic acids is 1. The number of thioether (sulfide) groups is 1. The number of carboxylic acids is 1. The third-order valence-electron chi connectivity index (χ3n) is 2.16. The van der Waals surface area contributed by atoms with Crippen LogP contribution in [-0.4, -0.2) is 21.9 Å². The zero-order valence-electron chi connectivity index (χ0n) is 9.06. The van der Waals surface area contributed by atoms with E-state index in [-0.39, 0.29) is 13.0 Å². The van der Waals surface area contributed by atoms with Crippen LogP contribution < -0.4 is 0 Å². The van der Waals surface area contributed by atoms with E-state index in [4.69, 9.17) is 10.2 Å². The summed E-state index contributed by atoms with van der Waals surface area (Å²) in [6.07, 6.45) is 1.90. The molecule has 0 amide bonds. The Labute approximate surface area is 99.5 Å². The van der Waals surface area contributed by atoms with Crippen molar-refractivity contribution >= 4 is 17.7 Å². The maximum atomic E-state index is 10.3. The van der Waals surface area contributed by atoms with Gasteiger partial charge < -0.3 is 10.2 Å². The molecule has 16 heavy (non-hydrogen) atoms. The smallest absolute Gasteiger partial charge is 0.303 e. The Morgan fingerprint density at radius 2 is 1.88 bits per heavy atom. The van der Waals surface area contributed by atoms with E-state index in [1.165, 1.54) is 0 Å². The molecule has 0 radical (unpaired) electrons. The molecule has 1 aromatic carbocycles. The van der Waals surface area contributed by atoms with Gasteiger partial charge in [-0.1, -0.05) is 12.1 Å². The molecule has 0 saturated heterocycles. The maximum absolute atomic E-state index is 10.3. The average Bonchev–Trinajstić information content (AvgIpc) is 2.29. The fraction of sp³-hybridized carbons (Fsp3) is 0.417. The lowest BCUT2D eigenvalue weighted by molar-refractivity contribution is -0.137. The summed E-state index contributed by atoms with van der Waals surface area (Å²) < 4.78 is 0. The van der Waals surface area contributed by atoms with Gasteiger partial charge in [-0.2, -0.15) is 0 Å². The van der Waals surface area contributed by atoms with Gasteiger partial charge >= 0.3 is 5.97 Å². The summed E-state index contributed by atoms with van der Waals surface area (Å²) in [5, 5.41) is 17.3. The van der Waals surface area contributed by atoms with E-state index < -0.39 is 5.97 Å². The molecule has 0 unspecified atom stereocenters. The molecule has 0 spiro atoms. The number of hydrogen-bond donors (Lipinski definition) is 2. The number of rotatable bonds is 7. The highest BCUT2D eigenvalue weighted by Crippen LogP contribution is 2.20. The summed E-state index contributed by atoms with van der Waals surface area (Å²) in [6, 6.07) is 7.76. The predicted octanol–water partition coefficient (Wildman–Crippen LogP) is 2.53. The average molecular weight is 240 g/mol. The van der Waals surface area contributed by atoms with Gasteiger partial charge in [0.2, 0.25) is 0 Å². The van der Waals surface area contributed by atoms with Crippen molar-refractivity contribution in [2.24, 2.45) is 0 Å². The van der Waals surface area contributed by atoms with Crippen molar-refractivity contribution in [1.82, 2.24) is 0 Å². The monoisotopic (exact) mass is 240 g/mol. The number of aliphatic hydroxyl groups is 1. The molecule has 88 valence electrons. The second kappa shape index (κ2) is 7.30. The molecule has 2 N–H and O–H groups in total. The van der Waals surface area contributed by atoms with Crippen molar-refractivity contribution < 1.29 is 15.0 Å². The Morgan fingerprint density at radius 1 is 1.19 bits per heavy atom. The van der Waals surface area contributed by atoms with Gasteiger partial charge in [-0.25, -0.2) is 0 Å². The number of unbranched alkanes of at least 4 members (excludes halogenated alkanes) is 1. The molecule has 3 nitrogen and oxygen atoms in total. The van der Waals surface area contributed by atoms with E-state index >= 15 is 0 Å². The van der Waals surface area contributed by atoms with E-state index in [0.29, 0.717) is 0 Å². The first kappa shape index (κ1) is 13.1. The van der Waals surface area contributed by atoms with Crippen molar-refractivity contribution in [3.05, 3.63) is 29.8 Å². The van der Waals surface area contributed by atoms with Gasteiger partial charge in [-0.15, -0.1) is 11.8 Å². The Balaban J connectivity index is 2.19. The largest absolute Gasteiger partial charge is 0.481 e. The van der Waals surface area contributed by atoms with Crippen molar-refractivity contribution in [2.45, 2.75) is 30.8 Å². The predicted molar refractivity (Wildman–Crippen MR) is 64.6 cm³/mol. The maximum Gasteiger partial charge on any atom is 0.303 e. The summed E-state index contributed by atoms with van der Waals surface area (Å²) in [7, 11) is 0. The van der Waals surface area contributed by atoms with Gasteiger partial charge in [0.1, 0.15) is 0 Å². The van der Waals surface area contributed by atoms with E-state index in [1.807, 2.05) is 24.3 Å². The molecule has 1 aromatic rings. The molecule has 0 aliphatic carbocycles. The topological polar surface area (TPSA) is 57.5 Å². The van der Waals surface area contributed by atoms with Crippen molar-refractivity contribution in [3.63, 3.8) is 0 Å². The van der Waals surface area contributed by atoms with Crippen LogP contribution in [0.5, 0.6) is 0 Å². The number of hydrogen-bond acceptors (Lipinski definition) is 3. The Hall–Kier alpha value is -1.00. The minimum Gasteiger partial charge on any atom is -0.481 e. The first-order chi connectivity index (χ1) is 7.72. The molecule has 1 rings (SSSR count).